The Balaban J connectivity index is 1.51. The number of pyridine rings is 1. The van der Waals surface area contributed by atoms with E-state index in [0.29, 0.717) is 44.2 Å². The molecule has 2 aromatic carbocycles. The highest BCUT2D eigenvalue weighted by molar-refractivity contribution is 8.18. The van der Waals surface area contributed by atoms with Gasteiger partial charge in [0.15, 0.2) is 11.5 Å². The van der Waals surface area contributed by atoms with Crippen LogP contribution in [0.4, 0.5) is 4.79 Å². The van der Waals surface area contributed by atoms with Gasteiger partial charge in [-0.05, 0) is 65.4 Å². The van der Waals surface area contributed by atoms with Crippen molar-refractivity contribution in [1.29, 1.82) is 0 Å². The van der Waals surface area contributed by atoms with E-state index >= 15 is 0 Å². The van der Waals surface area contributed by atoms with Crippen molar-refractivity contribution < 1.29 is 19.1 Å². The Morgan fingerprint density at radius 3 is 2.45 bits per heavy atom. The normalized spacial score (nSPS) is 14.8. The fraction of sp³-hybridized carbons (Fsp3) is 0.125. The highest BCUT2D eigenvalue weighted by Gasteiger charge is 2.35. The molecule has 0 aliphatic carbocycles. The minimum atomic E-state index is -0.405. The van der Waals surface area contributed by atoms with E-state index in [0.717, 1.165) is 22.2 Å². The Kier molecular flexibility index (Phi) is 7.23. The lowest BCUT2D eigenvalue weighted by atomic mass is 10.1. The lowest BCUT2D eigenvalue weighted by Gasteiger charge is -2.14. The maximum absolute atomic E-state index is 12.9. The van der Waals surface area contributed by atoms with Gasteiger partial charge in [-0.25, -0.2) is 0 Å². The van der Waals surface area contributed by atoms with Crippen molar-refractivity contribution in [3.8, 4) is 11.5 Å². The molecule has 1 aliphatic rings. The molecule has 4 rings (SSSR count). The summed E-state index contributed by atoms with van der Waals surface area (Å²) in [6.07, 6.45) is 5.05. The van der Waals surface area contributed by atoms with Gasteiger partial charge in [0, 0.05) is 28.0 Å². The molecule has 6 nitrogen and oxygen atoms in total. The van der Waals surface area contributed by atoms with Crippen LogP contribution < -0.4 is 9.47 Å². The van der Waals surface area contributed by atoms with Gasteiger partial charge in [-0.15, -0.1) is 0 Å². The SMILES string of the molecule is COc1cc(/C=C2/SC(=O)N(Cc3c(Cl)cccc3Cl)C2=O)ccc1OCc1ccncc1. The molecule has 168 valence electrons. The number of methoxy groups -OCH3 is 1. The fourth-order valence-electron chi connectivity index (χ4n) is 3.16. The Morgan fingerprint density at radius 2 is 1.76 bits per heavy atom. The van der Waals surface area contributed by atoms with Crippen molar-refractivity contribution in [2.45, 2.75) is 13.2 Å². The van der Waals surface area contributed by atoms with Gasteiger partial charge in [0.1, 0.15) is 6.61 Å². The van der Waals surface area contributed by atoms with E-state index in [2.05, 4.69) is 4.98 Å². The first-order valence-electron chi connectivity index (χ1n) is 9.84. The molecule has 1 aromatic heterocycles. The Morgan fingerprint density at radius 1 is 1.03 bits per heavy atom. The van der Waals surface area contributed by atoms with Crippen LogP contribution in [0.2, 0.25) is 10.0 Å². The average molecular weight is 501 g/mol. The lowest BCUT2D eigenvalue weighted by molar-refractivity contribution is -0.123. The van der Waals surface area contributed by atoms with Crippen molar-refractivity contribution >= 4 is 52.2 Å². The summed E-state index contributed by atoms with van der Waals surface area (Å²) in [5.74, 6) is 0.672. The smallest absolute Gasteiger partial charge is 0.293 e. The van der Waals surface area contributed by atoms with Gasteiger partial charge in [-0.1, -0.05) is 35.3 Å². The first-order valence-corrected chi connectivity index (χ1v) is 11.4. The summed E-state index contributed by atoms with van der Waals surface area (Å²) in [5.41, 5.74) is 2.20. The van der Waals surface area contributed by atoms with Crippen molar-refractivity contribution in [2.75, 3.05) is 7.11 Å². The first-order chi connectivity index (χ1) is 16.0. The molecule has 0 radical (unpaired) electrons. The molecule has 1 saturated heterocycles. The van der Waals surface area contributed by atoms with Crippen molar-refractivity contribution in [2.24, 2.45) is 0 Å². The number of thioether (sulfide) groups is 1. The molecule has 2 amide bonds. The standard InChI is InChI=1S/C24H18Cl2N2O4S/c1-31-21-11-16(5-6-20(21)32-14-15-7-9-27-10-8-15)12-22-23(29)28(24(30)33-22)13-17-18(25)3-2-4-19(17)26/h2-12H,13-14H2,1H3/b22-12+. The summed E-state index contributed by atoms with van der Waals surface area (Å²) >= 11 is 13.3. The average Bonchev–Trinajstić information content (AvgIpc) is 3.08. The second-order valence-corrected chi connectivity index (χ2v) is 8.83. The summed E-state index contributed by atoms with van der Waals surface area (Å²) in [6.45, 7) is 0.368. The lowest BCUT2D eigenvalue weighted by Crippen LogP contribution is -2.27. The van der Waals surface area contributed by atoms with E-state index in [1.54, 1.807) is 62.0 Å². The molecule has 9 heteroatoms. The molecule has 1 fully saturated rings. The maximum Gasteiger partial charge on any atom is 0.293 e. The number of rotatable bonds is 7. The van der Waals surface area contributed by atoms with Crippen LogP contribution in [0.15, 0.2) is 65.8 Å². The van der Waals surface area contributed by atoms with Crippen LogP contribution in [0.5, 0.6) is 11.5 Å². The Bertz CT molecular complexity index is 1210. The predicted molar refractivity (Wildman–Crippen MR) is 130 cm³/mol. The molecule has 3 aromatic rings. The maximum atomic E-state index is 12.9. The van der Waals surface area contributed by atoms with E-state index in [9.17, 15) is 9.59 Å². The summed E-state index contributed by atoms with van der Waals surface area (Å²) < 4.78 is 11.3. The Labute approximate surface area is 205 Å². The topological polar surface area (TPSA) is 68.7 Å². The first kappa shape index (κ1) is 23.2. The molecule has 1 aliphatic heterocycles. The fourth-order valence-corrected chi connectivity index (χ4v) is 4.52. The van der Waals surface area contributed by atoms with Gasteiger partial charge in [0.25, 0.3) is 11.1 Å². The van der Waals surface area contributed by atoms with E-state index in [1.807, 2.05) is 12.1 Å². The van der Waals surface area contributed by atoms with Gasteiger partial charge in [0.2, 0.25) is 0 Å². The summed E-state index contributed by atoms with van der Waals surface area (Å²) in [5, 5.41) is 0.418. The number of ether oxygens (including phenoxy) is 2. The molecular weight excluding hydrogens is 483 g/mol. The van der Waals surface area contributed by atoms with Crippen LogP contribution >= 0.6 is 35.0 Å². The molecule has 0 N–H and O–H groups in total. The molecular formula is C24H18Cl2N2O4S. The number of imide groups is 1. The minimum absolute atomic E-state index is 0.00557. The largest absolute Gasteiger partial charge is 0.493 e. The summed E-state index contributed by atoms with van der Waals surface area (Å²) in [6, 6.07) is 14.1. The molecule has 0 unspecified atom stereocenters. The number of aromatic nitrogens is 1. The number of benzene rings is 2. The molecule has 33 heavy (non-hydrogen) atoms. The van der Waals surface area contributed by atoms with Crippen molar-refractivity contribution in [3.63, 3.8) is 0 Å². The van der Waals surface area contributed by atoms with E-state index in [1.165, 1.54) is 0 Å². The second-order valence-electron chi connectivity index (χ2n) is 7.02. The number of carbonyl (C=O) groups is 2. The number of hydrogen-bond donors (Lipinski definition) is 0. The van der Waals surface area contributed by atoms with Gasteiger partial charge < -0.3 is 9.47 Å². The molecule has 2 heterocycles. The number of amides is 2. The van der Waals surface area contributed by atoms with Crippen LogP contribution in [0.1, 0.15) is 16.7 Å². The molecule has 0 bridgehead atoms. The zero-order valence-corrected chi connectivity index (χ0v) is 19.8. The zero-order chi connectivity index (χ0) is 23.4. The van der Waals surface area contributed by atoms with E-state index in [-0.39, 0.29) is 11.8 Å². The van der Waals surface area contributed by atoms with Crippen LogP contribution in [-0.4, -0.2) is 28.1 Å². The highest BCUT2D eigenvalue weighted by Crippen LogP contribution is 2.37. The van der Waals surface area contributed by atoms with E-state index in [4.69, 9.17) is 32.7 Å². The summed E-state index contributed by atoms with van der Waals surface area (Å²) in [4.78, 5) is 30.8. The third-order valence-corrected chi connectivity index (χ3v) is 6.50. The van der Waals surface area contributed by atoms with Crippen LogP contribution in [0.25, 0.3) is 6.08 Å². The van der Waals surface area contributed by atoms with Crippen LogP contribution in [0.3, 0.4) is 0 Å². The van der Waals surface area contributed by atoms with Crippen LogP contribution in [-0.2, 0) is 17.9 Å². The number of nitrogens with zero attached hydrogens (tertiary/aromatic N) is 2. The summed E-state index contributed by atoms with van der Waals surface area (Å²) in [7, 11) is 1.54. The van der Waals surface area contributed by atoms with E-state index < -0.39 is 5.91 Å². The van der Waals surface area contributed by atoms with Crippen molar-refractivity contribution in [1.82, 2.24) is 9.88 Å². The van der Waals surface area contributed by atoms with Crippen molar-refractivity contribution in [3.05, 3.63) is 92.6 Å². The predicted octanol–water partition coefficient (Wildman–Crippen LogP) is 6.21. The third kappa shape index (κ3) is 5.33. The van der Waals surface area contributed by atoms with Gasteiger partial charge >= 0.3 is 0 Å². The van der Waals surface area contributed by atoms with Gasteiger partial charge in [0.05, 0.1) is 18.6 Å². The molecule has 0 saturated carbocycles. The molecule has 0 spiro atoms. The molecule has 0 atom stereocenters. The second kappa shape index (κ2) is 10.3. The van der Waals surface area contributed by atoms with Gasteiger partial charge in [-0.3, -0.25) is 19.5 Å². The number of halogens is 2. The van der Waals surface area contributed by atoms with Gasteiger partial charge in [-0.2, -0.15) is 0 Å². The quantitative estimate of drug-likeness (QED) is 0.359. The third-order valence-electron chi connectivity index (χ3n) is 4.88. The monoisotopic (exact) mass is 500 g/mol. The number of carbonyl (C=O) groups excluding carboxylic acids is 2. The highest BCUT2D eigenvalue weighted by atomic mass is 35.5. The van der Waals surface area contributed by atoms with Crippen LogP contribution in [0, 0.1) is 0 Å². The minimum Gasteiger partial charge on any atom is -0.493 e. The number of hydrogen-bond acceptors (Lipinski definition) is 6. The zero-order valence-electron chi connectivity index (χ0n) is 17.5. The Hall–Kier alpha value is -3.00.